The summed E-state index contributed by atoms with van der Waals surface area (Å²) >= 11 is 1.46. The van der Waals surface area contributed by atoms with Gasteiger partial charge in [-0.25, -0.2) is 4.98 Å². The molecule has 0 spiro atoms. The lowest BCUT2D eigenvalue weighted by Gasteiger charge is -2.23. The van der Waals surface area contributed by atoms with Crippen LogP contribution in [0.5, 0.6) is 5.75 Å². The number of methoxy groups -OCH3 is 1. The van der Waals surface area contributed by atoms with E-state index in [4.69, 9.17) is 10.00 Å². The zero-order valence-electron chi connectivity index (χ0n) is 15.8. The number of anilines is 1. The molecule has 1 heterocycles. The highest BCUT2D eigenvalue weighted by Gasteiger charge is 2.09. The Balaban J connectivity index is 1.79. The first kappa shape index (κ1) is 19.7. The van der Waals surface area contributed by atoms with Crippen LogP contribution in [0.15, 0.2) is 46.6 Å². The van der Waals surface area contributed by atoms with Crippen LogP contribution in [0.25, 0.3) is 10.2 Å². The first-order valence-electron chi connectivity index (χ1n) is 8.84. The van der Waals surface area contributed by atoms with Gasteiger partial charge in [0.25, 0.3) is 0 Å². The van der Waals surface area contributed by atoms with Crippen LogP contribution >= 0.6 is 11.3 Å². The molecule has 8 heteroatoms. The number of fused-ring (bicyclic) bond motifs is 1. The number of aliphatic hydroxyl groups excluding tert-OH is 1. The van der Waals surface area contributed by atoms with Gasteiger partial charge in [-0.15, -0.1) is 10.2 Å². The number of nitriles is 1. The maximum Gasteiger partial charge on any atom is 0.231 e. The molecular weight excluding hydrogens is 374 g/mol. The number of nitrogens with zero attached hydrogens (tertiary/aromatic N) is 5. The SMILES string of the molecule is COc1ccc2nc(N=Nc3ccc(N(CCO)CCC#N)cc3C)sc2c1. The zero-order valence-corrected chi connectivity index (χ0v) is 16.6. The van der Waals surface area contributed by atoms with Crippen molar-refractivity contribution < 1.29 is 9.84 Å². The fourth-order valence-corrected chi connectivity index (χ4v) is 3.60. The van der Waals surface area contributed by atoms with Gasteiger partial charge < -0.3 is 14.7 Å². The molecule has 0 amide bonds. The normalized spacial score (nSPS) is 11.1. The lowest BCUT2D eigenvalue weighted by atomic mass is 10.1. The van der Waals surface area contributed by atoms with E-state index in [1.165, 1.54) is 11.3 Å². The van der Waals surface area contributed by atoms with Gasteiger partial charge in [0.05, 0.1) is 42.1 Å². The van der Waals surface area contributed by atoms with Crippen molar-refractivity contribution in [2.45, 2.75) is 13.3 Å². The van der Waals surface area contributed by atoms with Crippen LogP contribution in [0.3, 0.4) is 0 Å². The maximum absolute atomic E-state index is 9.25. The molecule has 1 N–H and O–H groups in total. The zero-order chi connectivity index (χ0) is 19.9. The summed E-state index contributed by atoms with van der Waals surface area (Å²) in [6.45, 7) is 3.06. The quantitative estimate of drug-likeness (QED) is 0.556. The molecule has 3 aromatic rings. The van der Waals surface area contributed by atoms with Gasteiger partial charge in [-0.05, 0) is 48.9 Å². The number of aliphatic hydroxyl groups is 1. The number of benzene rings is 2. The van der Waals surface area contributed by atoms with Crippen LogP contribution in [-0.4, -0.2) is 36.9 Å². The number of hydrogen-bond acceptors (Lipinski definition) is 8. The van der Waals surface area contributed by atoms with Crippen LogP contribution in [-0.2, 0) is 0 Å². The molecule has 7 nitrogen and oxygen atoms in total. The maximum atomic E-state index is 9.25. The van der Waals surface area contributed by atoms with Gasteiger partial charge in [0.1, 0.15) is 5.75 Å². The van der Waals surface area contributed by atoms with E-state index >= 15 is 0 Å². The van der Waals surface area contributed by atoms with E-state index in [0.29, 0.717) is 24.6 Å². The average Bonchev–Trinajstić information content (AvgIpc) is 3.12. The highest BCUT2D eigenvalue weighted by molar-refractivity contribution is 7.21. The monoisotopic (exact) mass is 395 g/mol. The number of aryl methyl sites for hydroxylation is 1. The summed E-state index contributed by atoms with van der Waals surface area (Å²) in [6.07, 6.45) is 0.406. The second kappa shape index (κ2) is 9.26. The van der Waals surface area contributed by atoms with E-state index in [1.54, 1.807) is 7.11 Å². The molecule has 0 bridgehead atoms. The molecule has 0 aliphatic rings. The first-order valence-corrected chi connectivity index (χ1v) is 9.66. The number of rotatable bonds is 8. The predicted molar refractivity (Wildman–Crippen MR) is 111 cm³/mol. The van der Waals surface area contributed by atoms with Crippen molar-refractivity contribution >= 4 is 38.1 Å². The minimum absolute atomic E-state index is 0.0360. The summed E-state index contributed by atoms with van der Waals surface area (Å²) < 4.78 is 6.23. The third-order valence-electron chi connectivity index (χ3n) is 4.24. The number of hydrogen-bond donors (Lipinski definition) is 1. The molecule has 0 atom stereocenters. The summed E-state index contributed by atoms with van der Waals surface area (Å²) in [5, 5.41) is 27.3. The van der Waals surface area contributed by atoms with Crippen molar-refractivity contribution in [3.05, 3.63) is 42.0 Å². The molecule has 0 saturated carbocycles. The fourth-order valence-electron chi connectivity index (χ4n) is 2.78. The molecule has 0 unspecified atom stereocenters. The highest BCUT2D eigenvalue weighted by atomic mass is 32.1. The number of thiazole rings is 1. The molecule has 0 aliphatic heterocycles. The highest BCUT2D eigenvalue weighted by Crippen LogP contribution is 2.32. The topological polar surface area (TPSA) is 94.1 Å². The van der Waals surface area contributed by atoms with Gasteiger partial charge in [-0.1, -0.05) is 11.3 Å². The molecular formula is C20H21N5O2S. The van der Waals surface area contributed by atoms with Gasteiger partial charge in [0, 0.05) is 18.8 Å². The number of ether oxygens (including phenoxy) is 1. The molecule has 1 aromatic heterocycles. The standard InChI is InChI=1S/C20H21N5O2S/c1-14-12-15(25(10-11-26)9-3-8-21)4-6-17(14)23-24-20-22-18-7-5-16(27-2)13-19(18)28-20/h4-7,12-13,26H,3,9-11H2,1-2H3. The van der Waals surface area contributed by atoms with E-state index in [1.807, 2.05) is 48.2 Å². The summed E-state index contributed by atoms with van der Waals surface area (Å²) in [5.74, 6) is 0.787. The summed E-state index contributed by atoms with van der Waals surface area (Å²) in [6, 6.07) is 13.7. The molecule has 3 rings (SSSR count). The van der Waals surface area contributed by atoms with Crippen molar-refractivity contribution in [1.82, 2.24) is 4.98 Å². The third-order valence-corrected chi connectivity index (χ3v) is 5.14. The Hall–Kier alpha value is -3.02. The number of aromatic nitrogens is 1. The summed E-state index contributed by atoms with van der Waals surface area (Å²) in [4.78, 5) is 6.46. The van der Waals surface area contributed by atoms with Crippen molar-refractivity contribution in [3.8, 4) is 11.8 Å². The van der Waals surface area contributed by atoms with Gasteiger partial charge in [-0.2, -0.15) is 5.26 Å². The van der Waals surface area contributed by atoms with Crippen LogP contribution in [0.1, 0.15) is 12.0 Å². The van der Waals surface area contributed by atoms with Crippen molar-refractivity contribution in [2.75, 3.05) is 31.7 Å². The average molecular weight is 395 g/mol. The Bertz CT molecular complexity index is 1030. The van der Waals surface area contributed by atoms with E-state index in [2.05, 4.69) is 21.3 Å². The first-order chi connectivity index (χ1) is 13.6. The van der Waals surface area contributed by atoms with Crippen molar-refractivity contribution in [2.24, 2.45) is 10.2 Å². The Labute approximate surface area is 167 Å². The summed E-state index contributed by atoms with van der Waals surface area (Å²) in [7, 11) is 1.64. The molecule has 0 fully saturated rings. The third kappa shape index (κ3) is 4.63. The molecule has 0 radical (unpaired) electrons. The number of azo groups is 1. The molecule has 28 heavy (non-hydrogen) atoms. The fraction of sp³-hybridized carbons (Fsp3) is 0.300. The minimum atomic E-state index is 0.0360. The van der Waals surface area contributed by atoms with Crippen LogP contribution < -0.4 is 9.64 Å². The second-order valence-electron chi connectivity index (χ2n) is 6.12. The predicted octanol–water partition coefficient (Wildman–Crippen LogP) is 4.74. The Morgan fingerprint density at radius 3 is 2.79 bits per heavy atom. The Kier molecular flexibility index (Phi) is 6.53. The molecule has 144 valence electrons. The van der Waals surface area contributed by atoms with Gasteiger partial charge in [-0.3, -0.25) is 0 Å². The lowest BCUT2D eigenvalue weighted by molar-refractivity contribution is 0.302. The van der Waals surface area contributed by atoms with Crippen molar-refractivity contribution in [1.29, 1.82) is 5.26 Å². The van der Waals surface area contributed by atoms with E-state index in [9.17, 15) is 5.11 Å². The van der Waals surface area contributed by atoms with Gasteiger partial charge in [0.15, 0.2) is 0 Å². The largest absolute Gasteiger partial charge is 0.497 e. The Morgan fingerprint density at radius 1 is 1.21 bits per heavy atom. The second-order valence-corrected chi connectivity index (χ2v) is 7.13. The molecule has 0 aliphatic carbocycles. The van der Waals surface area contributed by atoms with E-state index < -0.39 is 0 Å². The van der Waals surface area contributed by atoms with Crippen LogP contribution in [0.4, 0.5) is 16.5 Å². The van der Waals surface area contributed by atoms with Gasteiger partial charge in [0.2, 0.25) is 5.13 Å². The van der Waals surface area contributed by atoms with E-state index in [0.717, 1.165) is 32.9 Å². The minimum Gasteiger partial charge on any atom is -0.497 e. The molecule has 0 saturated heterocycles. The smallest absolute Gasteiger partial charge is 0.231 e. The van der Waals surface area contributed by atoms with Crippen LogP contribution in [0, 0.1) is 18.3 Å². The van der Waals surface area contributed by atoms with Gasteiger partial charge >= 0.3 is 0 Å². The van der Waals surface area contributed by atoms with E-state index in [-0.39, 0.29) is 6.61 Å². The van der Waals surface area contributed by atoms with Crippen LogP contribution in [0.2, 0.25) is 0 Å². The summed E-state index contributed by atoms with van der Waals surface area (Å²) in [5.41, 5.74) is 3.53. The Morgan fingerprint density at radius 2 is 2.07 bits per heavy atom. The lowest BCUT2D eigenvalue weighted by Crippen LogP contribution is -2.27. The van der Waals surface area contributed by atoms with Crippen molar-refractivity contribution in [3.63, 3.8) is 0 Å². The molecule has 2 aromatic carbocycles.